The third-order valence-corrected chi connectivity index (χ3v) is 2.98. The van der Waals surface area contributed by atoms with Gasteiger partial charge in [-0.25, -0.2) is 4.98 Å². The van der Waals surface area contributed by atoms with E-state index >= 15 is 0 Å². The Hall–Kier alpha value is -1.16. The van der Waals surface area contributed by atoms with E-state index in [0.29, 0.717) is 11.5 Å². The van der Waals surface area contributed by atoms with Gasteiger partial charge in [0, 0.05) is 16.0 Å². The van der Waals surface area contributed by atoms with Gasteiger partial charge in [-0.1, -0.05) is 13.8 Å². The lowest BCUT2D eigenvalue weighted by Crippen LogP contribution is -1.88. The molecule has 3 nitrogen and oxygen atoms in total. The van der Waals surface area contributed by atoms with Gasteiger partial charge >= 0.3 is 0 Å². The predicted molar refractivity (Wildman–Crippen MR) is 63.3 cm³/mol. The van der Waals surface area contributed by atoms with E-state index in [2.05, 4.69) is 39.7 Å². The van der Waals surface area contributed by atoms with Crippen molar-refractivity contribution in [3.63, 3.8) is 0 Å². The number of imidazole rings is 1. The Bertz CT molecular complexity index is 517. The summed E-state index contributed by atoms with van der Waals surface area (Å²) in [6, 6.07) is 3.67. The first-order valence-corrected chi connectivity index (χ1v) is 5.55. The maximum atomic E-state index is 10.7. The molecule has 0 aliphatic heterocycles. The number of nitrogens with one attached hydrogen (secondary N) is 1. The van der Waals surface area contributed by atoms with Gasteiger partial charge in [-0.05, 0) is 28.1 Å². The number of nitrogens with zero attached hydrogens (tertiary/aromatic N) is 1. The van der Waals surface area contributed by atoms with Gasteiger partial charge in [0.1, 0.15) is 5.82 Å². The molecule has 78 valence electrons. The number of carbonyl (C=O) groups is 1. The van der Waals surface area contributed by atoms with Gasteiger partial charge in [0.25, 0.3) is 0 Å². The van der Waals surface area contributed by atoms with E-state index in [1.807, 2.05) is 6.07 Å². The van der Waals surface area contributed by atoms with Crippen molar-refractivity contribution in [3.05, 3.63) is 28.0 Å². The molecular weight excluding hydrogens is 256 g/mol. The quantitative estimate of drug-likeness (QED) is 0.849. The molecule has 0 fully saturated rings. The summed E-state index contributed by atoms with van der Waals surface area (Å²) in [7, 11) is 0. The average molecular weight is 267 g/mol. The van der Waals surface area contributed by atoms with Crippen LogP contribution in [0.5, 0.6) is 0 Å². The van der Waals surface area contributed by atoms with Crippen molar-refractivity contribution in [2.45, 2.75) is 19.8 Å². The van der Waals surface area contributed by atoms with Crippen molar-refractivity contribution in [2.24, 2.45) is 0 Å². The van der Waals surface area contributed by atoms with Crippen molar-refractivity contribution < 1.29 is 4.79 Å². The summed E-state index contributed by atoms with van der Waals surface area (Å²) in [5.41, 5.74) is 2.42. The molecule has 2 aromatic rings. The molecule has 1 heterocycles. The highest BCUT2D eigenvalue weighted by Crippen LogP contribution is 2.23. The molecule has 0 radical (unpaired) electrons. The van der Waals surface area contributed by atoms with Crippen LogP contribution in [0.15, 0.2) is 16.6 Å². The molecule has 0 bridgehead atoms. The van der Waals surface area contributed by atoms with E-state index in [1.165, 1.54) is 0 Å². The molecule has 0 aliphatic rings. The number of halogens is 1. The molecule has 15 heavy (non-hydrogen) atoms. The average Bonchev–Trinajstić information content (AvgIpc) is 2.59. The fourth-order valence-corrected chi connectivity index (χ4v) is 1.87. The minimum atomic E-state index is 0.357. The van der Waals surface area contributed by atoms with Crippen molar-refractivity contribution in [1.29, 1.82) is 0 Å². The SMILES string of the molecule is CC(C)c1nc2cc(C=O)c(Br)cc2[nH]1. The van der Waals surface area contributed by atoms with Crippen LogP contribution < -0.4 is 0 Å². The summed E-state index contributed by atoms with van der Waals surface area (Å²) < 4.78 is 0.795. The van der Waals surface area contributed by atoms with Gasteiger partial charge in [-0.3, -0.25) is 4.79 Å². The highest BCUT2D eigenvalue weighted by Gasteiger charge is 2.08. The number of carbonyl (C=O) groups excluding carboxylic acids is 1. The van der Waals surface area contributed by atoms with Gasteiger partial charge in [-0.15, -0.1) is 0 Å². The van der Waals surface area contributed by atoms with Crippen LogP contribution in [0.3, 0.4) is 0 Å². The van der Waals surface area contributed by atoms with E-state index in [-0.39, 0.29) is 0 Å². The fraction of sp³-hybridized carbons (Fsp3) is 0.273. The summed E-state index contributed by atoms with van der Waals surface area (Å²) >= 11 is 3.34. The van der Waals surface area contributed by atoms with Crippen molar-refractivity contribution >= 4 is 33.2 Å². The molecule has 0 atom stereocenters. The molecule has 4 heteroatoms. The number of benzene rings is 1. The molecule has 0 aliphatic carbocycles. The second-order valence-corrected chi connectivity index (χ2v) is 4.64. The molecule has 2 rings (SSSR count). The summed E-state index contributed by atoms with van der Waals surface area (Å²) in [5, 5.41) is 0. The highest BCUT2D eigenvalue weighted by atomic mass is 79.9. The van der Waals surface area contributed by atoms with E-state index in [4.69, 9.17) is 0 Å². The van der Waals surface area contributed by atoms with E-state index in [0.717, 1.165) is 27.6 Å². The Labute approximate surface area is 96.0 Å². The lowest BCUT2D eigenvalue weighted by molar-refractivity contribution is 0.112. The summed E-state index contributed by atoms with van der Waals surface area (Å²) in [6.45, 7) is 4.15. The Kier molecular flexibility index (Phi) is 2.61. The van der Waals surface area contributed by atoms with Crippen LogP contribution in [0.2, 0.25) is 0 Å². The topological polar surface area (TPSA) is 45.8 Å². The molecule has 0 amide bonds. The number of aromatic nitrogens is 2. The van der Waals surface area contributed by atoms with Gasteiger partial charge < -0.3 is 4.98 Å². The monoisotopic (exact) mass is 266 g/mol. The Morgan fingerprint density at radius 3 is 2.80 bits per heavy atom. The van der Waals surface area contributed by atoms with E-state index < -0.39 is 0 Å². The lowest BCUT2D eigenvalue weighted by atomic mass is 10.2. The normalized spacial score (nSPS) is 11.2. The second-order valence-electron chi connectivity index (χ2n) is 3.79. The summed E-state index contributed by atoms with van der Waals surface area (Å²) in [6.07, 6.45) is 0.827. The van der Waals surface area contributed by atoms with Crippen molar-refractivity contribution in [1.82, 2.24) is 9.97 Å². The largest absolute Gasteiger partial charge is 0.342 e. The van der Waals surface area contributed by atoms with E-state index in [9.17, 15) is 4.79 Å². The summed E-state index contributed by atoms with van der Waals surface area (Å²) in [5.74, 6) is 1.30. The van der Waals surface area contributed by atoms with Crippen LogP contribution in [-0.2, 0) is 0 Å². The number of fused-ring (bicyclic) bond motifs is 1. The molecular formula is C11H11BrN2O. The van der Waals surface area contributed by atoms with Gasteiger partial charge in [0.05, 0.1) is 11.0 Å². The number of hydrogen-bond acceptors (Lipinski definition) is 2. The first-order chi connectivity index (χ1) is 7.11. The standard InChI is InChI=1S/C11H11BrN2O/c1-6(2)11-13-9-3-7(5-15)8(12)4-10(9)14-11/h3-6H,1-2H3,(H,13,14). The third-order valence-electron chi connectivity index (χ3n) is 2.29. The second kappa shape index (κ2) is 3.77. The Morgan fingerprint density at radius 1 is 1.47 bits per heavy atom. The first kappa shape index (κ1) is 10.4. The minimum Gasteiger partial charge on any atom is -0.342 e. The first-order valence-electron chi connectivity index (χ1n) is 4.76. The van der Waals surface area contributed by atoms with Crippen LogP contribution in [0.4, 0.5) is 0 Å². The van der Waals surface area contributed by atoms with Gasteiger partial charge in [-0.2, -0.15) is 0 Å². The molecule has 1 aromatic carbocycles. The molecule has 1 N–H and O–H groups in total. The smallest absolute Gasteiger partial charge is 0.151 e. The van der Waals surface area contributed by atoms with Gasteiger partial charge in [0.15, 0.2) is 6.29 Å². The van der Waals surface area contributed by atoms with Gasteiger partial charge in [0.2, 0.25) is 0 Å². The number of H-pyrrole nitrogens is 1. The molecule has 0 saturated heterocycles. The zero-order valence-electron chi connectivity index (χ0n) is 8.54. The number of hydrogen-bond donors (Lipinski definition) is 1. The number of aldehydes is 1. The van der Waals surface area contributed by atoms with Crippen LogP contribution in [0.1, 0.15) is 35.9 Å². The van der Waals surface area contributed by atoms with Crippen LogP contribution in [-0.4, -0.2) is 16.3 Å². The number of rotatable bonds is 2. The van der Waals surface area contributed by atoms with Crippen molar-refractivity contribution in [2.75, 3.05) is 0 Å². The summed E-state index contributed by atoms with van der Waals surface area (Å²) in [4.78, 5) is 18.4. The predicted octanol–water partition coefficient (Wildman–Crippen LogP) is 3.26. The zero-order valence-corrected chi connectivity index (χ0v) is 10.1. The Balaban J connectivity index is 2.66. The van der Waals surface area contributed by atoms with Crippen LogP contribution >= 0.6 is 15.9 Å². The minimum absolute atomic E-state index is 0.357. The molecule has 1 aromatic heterocycles. The maximum absolute atomic E-state index is 10.7. The maximum Gasteiger partial charge on any atom is 0.151 e. The molecule has 0 saturated carbocycles. The number of aromatic amines is 1. The van der Waals surface area contributed by atoms with Crippen LogP contribution in [0.25, 0.3) is 11.0 Å². The van der Waals surface area contributed by atoms with Crippen LogP contribution in [0, 0.1) is 0 Å². The Morgan fingerprint density at radius 2 is 2.20 bits per heavy atom. The molecule has 0 unspecified atom stereocenters. The van der Waals surface area contributed by atoms with E-state index in [1.54, 1.807) is 6.07 Å². The highest BCUT2D eigenvalue weighted by molar-refractivity contribution is 9.10. The van der Waals surface area contributed by atoms with Crippen molar-refractivity contribution in [3.8, 4) is 0 Å². The third kappa shape index (κ3) is 1.81. The fourth-order valence-electron chi connectivity index (χ4n) is 1.43. The lowest BCUT2D eigenvalue weighted by Gasteiger charge is -1.95. The molecule has 0 spiro atoms. The zero-order chi connectivity index (χ0) is 11.0.